The zero-order chi connectivity index (χ0) is 18.8. The van der Waals surface area contributed by atoms with E-state index in [1.807, 2.05) is 32.0 Å². The van der Waals surface area contributed by atoms with Gasteiger partial charge in [-0.15, -0.1) is 11.3 Å². The molecule has 0 fully saturated rings. The fourth-order valence-electron chi connectivity index (χ4n) is 3.72. The Balaban J connectivity index is 1.89. The Morgan fingerprint density at radius 2 is 2.04 bits per heavy atom. The maximum absolute atomic E-state index is 12.7. The molecular formula is C21H26N2O2S. The highest BCUT2D eigenvalue weighted by Gasteiger charge is 2.28. The fourth-order valence-corrected chi connectivity index (χ4v) is 5.08. The van der Waals surface area contributed by atoms with Gasteiger partial charge in [0.15, 0.2) is 0 Å². The smallest absolute Gasteiger partial charge is 0.256 e. The third-order valence-electron chi connectivity index (χ3n) is 5.31. The molecule has 138 valence electrons. The first-order valence-corrected chi connectivity index (χ1v) is 10.0. The predicted octanol–water partition coefficient (Wildman–Crippen LogP) is 4.62. The highest BCUT2D eigenvalue weighted by atomic mass is 32.1. The maximum Gasteiger partial charge on any atom is 0.256 e. The Labute approximate surface area is 158 Å². The summed E-state index contributed by atoms with van der Waals surface area (Å²) >= 11 is 1.52. The molecule has 2 amide bonds. The number of rotatable bonds is 5. The van der Waals surface area contributed by atoms with E-state index < -0.39 is 5.91 Å². The lowest BCUT2D eigenvalue weighted by atomic mass is 9.84. The molecule has 0 bridgehead atoms. The number of thiophene rings is 1. The van der Waals surface area contributed by atoms with Crippen molar-refractivity contribution in [3.05, 3.63) is 50.9 Å². The molecule has 5 heteroatoms. The fraction of sp³-hybridized carbons (Fsp3) is 0.429. The van der Waals surface area contributed by atoms with Crippen molar-refractivity contribution in [2.75, 3.05) is 5.32 Å². The van der Waals surface area contributed by atoms with Crippen LogP contribution in [-0.2, 0) is 12.8 Å². The van der Waals surface area contributed by atoms with Gasteiger partial charge in [-0.25, -0.2) is 0 Å². The number of amides is 2. The summed E-state index contributed by atoms with van der Waals surface area (Å²) in [5, 5.41) is 3.54. The number of carbonyl (C=O) groups is 2. The molecule has 0 spiro atoms. The first-order valence-electron chi connectivity index (χ1n) is 9.23. The van der Waals surface area contributed by atoms with Gasteiger partial charge < -0.3 is 11.1 Å². The monoisotopic (exact) mass is 370 g/mol. The van der Waals surface area contributed by atoms with Gasteiger partial charge in [-0.3, -0.25) is 9.59 Å². The molecule has 1 atom stereocenters. The number of aryl methyl sites for hydroxylation is 2. The second-order valence-corrected chi connectivity index (χ2v) is 8.33. The summed E-state index contributed by atoms with van der Waals surface area (Å²) in [5.41, 5.74) is 10.0. The molecule has 0 radical (unpaired) electrons. The van der Waals surface area contributed by atoms with E-state index >= 15 is 0 Å². The Bertz CT molecular complexity index is 854. The van der Waals surface area contributed by atoms with Gasteiger partial charge in [0.2, 0.25) is 0 Å². The Morgan fingerprint density at radius 3 is 2.69 bits per heavy atom. The van der Waals surface area contributed by atoms with Crippen LogP contribution in [0.2, 0.25) is 0 Å². The van der Waals surface area contributed by atoms with E-state index in [4.69, 9.17) is 5.73 Å². The van der Waals surface area contributed by atoms with Crippen LogP contribution in [0.4, 0.5) is 5.00 Å². The van der Waals surface area contributed by atoms with Gasteiger partial charge in [-0.05, 0) is 67.9 Å². The molecule has 1 aromatic heterocycles. The Hall–Kier alpha value is -2.14. The van der Waals surface area contributed by atoms with E-state index in [9.17, 15) is 9.59 Å². The number of hydrogen-bond acceptors (Lipinski definition) is 3. The molecule has 0 saturated heterocycles. The van der Waals surface area contributed by atoms with Crippen molar-refractivity contribution < 1.29 is 9.59 Å². The summed E-state index contributed by atoms with van der Waals surface area (Å²) in [4.78, 5) is 25.9. The van der Waals surface area contributed by atoms with E-state index in [1.54, 1.807) is 0 Å². The van der Waals surface area contributed by atoms with Crippen LogP contribution in [0.1, 0.15) is 68.5 Å². The van der Waals surface area contributed by atoms with E-state index in [1.165, 1.54) is 29.1 Å². The van der Waals surface area contributed by atoms with E-state index in [-0.39, 0.29) is 5.91 Å². The Morgan fingerprint density at radius 1 is 1.27 bits per heavy atom. The van der Waals surface area contributed by atoms with Gasteiger partial charge in [0.25, 0.3) is 11.8 Å². The minimum Gasteiger partial charge on any atom is -0.365 e. The van der Waals surface area contributed by atoms with Gasteiger partial charge in [0.1, 0.15) is 5.00 Å². The molecule has 1 aliphatic carbocycles. The molecule has 1 aliphatic rings. The third kappa shape index (κ3) is 3.68. The number of anilines is 1. The van der Waals surface area contributed by atoms with Crippen LogP contribution in [0.5, 0.6) is 0 Å². The number of benzene rings is 1. The first kappa shape index (κ1) is 18.6. The zero-order valence-electron chi connectivity index (χ0n) is 15.6. The van der Waals surface area contributed by atoms with Crippen LogP contribution in [0.3, 0.4) is 0 Å². The molecular weight excluding hydrogens is 344 g/mol. The van der Waals surface area contributed by atoms with E-state index in [0.717, 1.165) is 36.0 Å². The van der Waals surface area contributed by atoms with E-state index in [2.05, 4.69) is 12.2 Å². The summed E-state index contributed by atoms with van der Waals surface area (Å²) in [6.45, 7) is 6.20. The van der Waals surface area contributed by atoms with Crippen molar-refractivity contribution in [3.8, 4) is 0 Å². The SMILES string of the molecule is CCC[C@H]1CCc2c(sc(NC(=O)c3ccc(C)c(C)c3)c2C(N)=O)C1. The standard InChI is InChI=1S/C21H26N2O2S/c1-4-5-14-7-9-16-17(11-14)26-21(18(16)19(22)24)23-20(25)15-8-6-12(2)13(3)10-15/h6,8,10,14H,4-5,7,9,11H2,1-3H3,(H2,22,24)(H,23,25)/t14-/m0/s1. The number of nitrogens with two attached hydrogens (primary N) is 1. The van der Waals surface area contributed by atoms with Gasteiger partial charge in [0, 0.05) is 10.4 Å². The predicted molar refractivity (Wildman–Crippen MR) is 107 cm³/mol. The minimum absolute atomic E-state index is 0.195. The lowest BCUT2D eigenvalue weighted by Gasteiger charge is -2.21. The number of hydrogen-bond donors (Lipinski definition) is 2. The molecule has 4 nitrogen and oxygen atoms in total. The van der Waals surface area contributed by atoms with Crippen LogP contribution >= 0.6 is 11.3 Å². The molecule has 0 saturated carbocycles. The van der Waals surface area contributed by atoms with Crippen LogP contribution in [0.15, 0.2) is 18.2 Å². The molecule has 1 aromatic carbocycles. The molecule has 2 aromatic rings. The Kier molecular flexibility index (Phi) is 5.47. The average molecular weight is 371 g/mol. The summed E-state index contributed by atoms with van der Waals surface area (Å²) in [6.07, 6.45) is 5.31. The second kappa shape index (κ2) is 7.62. The number of carbonyl (C=O) groups excluding carboxylic acids is 2. The van der Waals surface area contributed by atoms with Crippen molar-refractivity contribution in [3.63, 3.8) is 0 Å². The summed E-state index contributed by atoms with van der Waals surface area (Å²) in [5.74, 6) is 0.0151. The van der Waals surface area contributed by atoms with Gasteiger partial charge in [0.05, 0.1) is 5.56 Å². The number of primary amides is 1. The highest BCUT2D eigenvalue weighted by Crippen LogP contribution is 2.40. The summed E-state index contributed by atoms with van der Waals surface area (Å²) < 4.78 is 0. The van der Waals surface area contributed by atoms with Crippen molar-refractivity contribution >= 4 is 28.2 Å². The third-order valence-corrected chi connectivity index (χ3v) is 6.48. The maximum atomic E-state index is 12.7. The van der Waals surface area contributed by atoms with Gasteiger partial charge >= 0.3 is 0 Å². The lowest BCUT2D eigenvalue weighted by Crippen LogP contribution is -2.20. The summed E-state index contributed by atoms with van der Waals surface area (Å²) in [6, 6.07) is 5.62. The van der Waals surface area contributed by atoms with Crippen LogP contribution < -0.4 is 11.1 Å². The molecule has 26 heavy (non-hydrogen) atoms. The van der Waals surface area contributed by atoms with Crippen molar-refractivity contribution in [2.24, 2.45) is 11.7 Å². The highest BCUT2D eigenvalue weighted by molar-refractivity contribution is 7.17. The quantitative estimate of drug-likeness (QED) is 0.806. The van der Waals surface area contributed by atoms with Gasteiger partial charge in [-0.1, -0.05) is 25.8 Å². The number of fused-ring (bicyclic) bond motifs is 1. The average Bonchev–Trinajstić information content (AvgIpc) is 2.94. The van der Waals surface area contributed by atoms with Gasteiger partial charge in [-0.2, -0.15) is 0 Å². The van der Waals surface area contributed by atoms with Crippen LogP contribution in [-0.4, -0.2) is 11.8 Å². The van der Waals surface area contributed by atoms with Crippen LogP contribution in [0, 0.1) is 19.8 Å². The molecule has 3 rings (SSSR count). The molecule has 0 unspecified atom stereocenters. The van der Waals surface area contributed by atoms with E-state index in [0.29, 0.717) is 22.0 Å². The minimum atomic E-state index is -0.452. The normalized spacial score (nSPS) is 16.2. The van der Waals surface area contributed by atoms with Crippen molar-refractivity contribution in [2.45, 2.75) is 52.9 Å². The lowest BCUT2D eigenvalue weighted by molar-refractivity contribution is 0.1000. The largest absolute Gasteiger partial charge is 0.365 e. The van der Waals surface area contributed by atoms with Crippen molar-refractivity contribution in [1.82, 2.24) is 0 Å². The topological polar surface area (TPSA) is 72.2 Å². The molecule has 0 aliphatic heterocycles. The second-order valence-electron chi connectivity index (χ2n) is 7.22. The number of nitrogens with one attached hydrogen (secondary N) is 1. The first-order chi connectivity index (χ1) is 12.4. The van der Waals surface area contributed by atoms with Crippen LogP contribution in [0.25, 0.3) is 0 Å². The molecule has 3 N–H and O–H groups in total. The molecule has 1 heterocycles. The zero-order valence-corrected chi connectivity index (χ0v) is 16.5. The summed E-state index contributed by atoms with van der Waals surface area (Å²) in [7, 11) is 0. The van der Waals surface area contributed by atoms with Crippen molar-refractivity contribution in [1.29, 1.82) is 0 Å².